The van der Waals surface area contributed by atoms with Gasteiger partial charge in [0.25, 0.3) is 5.91 Å². The molecule has 1 aromatic carbocycles. The topological polar surface area (TPSA) is 48.0 Å². The third-order valence-electron chi connectivity index (χ3n) is 4.32. The summed E-state index contributed by atoms with van der Waals surface area (Å²) >= 11 is 5.93. The number of hydrogen-bond donors (Lipinski definition) is 0. The molecule has 0 aliphatic carbocycles. The summed E-state index contributed by atoms with van der Waals surface area (Å²) in [5.41, 5.74) is 0.919. The zero-order valence-corrected chi connectivity index (χ0v) is 14.1. The van der Waals surface area contributed by atoms with Crippen molar-refractivity contribution in [2.24, 2.45) is 0 Å². The standard InChI is InChI=1S/C17H22ClNO4/c1-12-10-13(18)5-6-15(12)23-11-16(20)19-7-3-2-4-14(19)17-21-8-9-22-17/h5-6,10,14,17H,2-4,7-9,11H2,1H3. The quantitative estimate of drug-likeness (QED) is 0.846. The van der Waals surface area contributed by atoms with Crippen molar-refractivity contribution in [2.45, 2.75) is 38.5 Å². The molecule has 2 fully saturated rings. The minimum Gasteiger partial charge on any atom is -0.483 e. The second kappa shape index (κ2) is 7.51. The van der Waals surface area contributed by atoms with Crippen LogP contribution in [0.25, 0.3) is 0 Å². The van der Waals surface area contributed by atoms with Gasteiger partial charge in [0.1, 0.15) is 5.75 Å². The Morgan fingerprint density at radius 1 is 1.35 bits per heavy atom. The van der Waals surface area contributed by atoms with E-state index in [1.807, 2.05) is 17.9 Å². The van der Waals surface area contributed by atoms with Crippen LogP contribution in [0.5, 0.6) is 5.75 Å². The van der Waals surface area contributed by atoms with E-state index in [-0.39, 0.29) is 24.8 Å². The van der Waals surface area contributed by atoms with Crippen LogP contribution in [-0.2, 0) is 14.3 Å². The van der Waals surface area contributed by atoms with Crippen molar-refractivity contribution in [1.82, 2.24) is 4.90 Å². The first-order valence-corrected chi connectivity index (χ1v) is 8.44. The molecule has 2 saturated heterocycles. The van der Waals surface area contributed by atoms with Crippen molar-refractivity contribution >= 4 is 17.5 Å². The number of halogens is 1. The molecule has 5 nitrogen and oxygen atoms in total. The van der Waals surface area contributed by atoms with Gasteiger partial charge in [-0.3, -0.25) is 4.79 Å². The van der Waals surface area contributed by atoms with E-state index in [4.69, 9.17) is 25.8 Å². The zero-order valence-electron chi connectivity index (χ0n) is 13.3. The van der Waals surface area contributed by atoms with Gasteiger partial charge in [0.15, 0.2) is 12.9 Å². The van der Waals surface area contributed by atoms with Gasteiger partial charge < -0.3 is 19.1 Å². The van der Waals surface area contributed by atoms with E-state index in [1.54, 1.807) is 12.1 Å². The molecule has 1 unspecified atom stereocenters. The first kappa shape index (κ1) is 16.6. The molecular formula is C17H22ClNO4. The van der Waals surface area contributed by atoms with E-state index >= 15 is 0 Å². The average Bonchev–Trinajstić information content (AvgIpc) is 3.08. The zero-order chi connectivity index (χ0) is 16.2. The van der Waals surface area contributed by atoms with Gasteiger partial charge in [-0.05, 0) is 49.9 Å². The number of carbonyl (C=O) groups is 1. The summed E-state index contributed by atoms with van der Waals surface area (Å²) < 4.78 is 16.9. The van der Waals surface area contributed by atoms with Crippen molar-refractivity contribution in [3.05, 3.63) is 28.8 Å². The number of likely N-dealkylation sites (tertiary alicyclic amines) is 1. The molecule has 126 valence electrons. The molecular weight excluding hydrogens is 318 g/mol. The monoisotopic (exact) mass is 339 g/mol. The predicted octanol–water partition coefficient (Wildman–Crippen LogP) is 2.78. The normalized spacial score (nSPS) is 22.3. The van der Waals surface area contributed by atoms with Crippen LogP contribution < -0.4 is 4.74 Å². The lowest BCUT2D eigenvalue weighted by atomic mass is 10.0. The molecule has 1 amide bonds. The van der Waals surface area contributed by atoms with Crippen LogP contribution in [0.3, 0.4) is 0 Å². The molecule has 1 atom stereocenters. The Morgan fingerprint density at radius 2 is 2.13 bits per heavy atom. The summed E-state index contributed by atoms with van der Waals surface area (Å²) in [6, 6.07) is 5.37. The number of ether oxygens (including phenoxy) is 3. The summed E-state index contributed by atoms with van der Waals surface area (Å²) in [4.78, 5) is 14.4. The van der Waals surface area contributed by atoms with E-state index in [0.29, 0.717) is 24.0 Å². The molecule has 6 heteroatoms. The number of aryl methyl sites for hydroxylation is 1. The van der Waals surface area contributed by atoms with Gasteiger partial charge in [-0.2, -0.15) is 0 Å². The number of benzene rings is 1. The summed E-state index contributed by atoms with van der Waals surface area (Å²) in [5.74, 6) is 0.660. The van der Waals surface area contributed by atoms with Crippen molar-refractivity contribution in [3.63, 3.8) is 0 Å². The van der Waals surface area contributed by atoms with Crippen LogP contribution in [0.2, 0.25) is 5.02 Å². The lowest BCUT2D eigenvalue weighted by Crippen LogP contribution is -2.51. The Bertz CT molecular complexity index is 560. The Hall–Kier alpha value is -1.30. The van der Waals surface area contributed by atoms with Gasteiger partial charge >= 0.3 is 0 Å². The van der Waals surface area contributed by atoms with Crippen molar-refractivity contribution < 1.29 is 19.0 Å². The molecule has 0 N–H and O–H groups in total. The molecule has 2 aliphatic rings. The van der Waals surface area contributed by atoms with Crippen LogP contribution in [0.15, 0.2) is 18.2 Å². The van der Waals surface area contributed by atoms with Gasteiger partial charge in [0.2, 0.25) is 0 Å². The number of piperidine rings is 1. The Kier molecular flexibility index (Phi) is 5.41. The molecule has 0 saturated carbocycles. The van der Waals surface area contributed by atoms with E-state index in [9.17, 15) is 4.79 Å². The number of rotatable bonds is 4. The highest BCUT2D eigenvalue weighted by Crippen LogP contribution is 2.25. The summed E-state index contributed by atoms with van der Waals surface area (Å²) in [6.45, 7) is 3.87. The molecule has 1 aromatic rings. The fourth-order valence-corrected chi connectivity index (χ4v) is 3.37. The van der Waals surface area contributed by atoms with Crippen molar-refractivity contribution in [1.29, 1.82) is 0 Å². The Balaban J connectivity index is 1.61. The van der Waals surface area contributed by atoms with Gasteiger partial charge in [-0.15, -0.1) is 0 Å². The van der Waals surface area contributed by atoms with Crippen molar-refractivity contribution in [3.8, 4) is 5.75 Å². The van der Waals surface area contributed by atoms with Gasteiger partial charge in [-0.1, -0.05) is 11.6 Å². The Labute approximate surface area is 141 Å². The minimum atomic E-state index is -0.295. The fraction of sp³-hybridized carbons (Fsp3) is 0.588. The van der Waals surface area contributed by atoms with E-state index in [1.165, 1.54) is 0 Å². The van der Waals surface area contributed by atoms with Crippen molar-refractivity contribution in [2.75, 3.05) is 26.4 Å². The molecule has 0 spiro atoms. The van der Waals surface area contributed by atoms with Crippen LogP contribution in [0.1, 0.15) is 24.8 Å². The second-order valence-electron chi connectivity index (χ2n) is 5.96. The largest absolute Gasteiger partial charge is 0.483 e. The van der Waals surface area contributed by atoms with Crippen LogP contribution in [-0.4, -0.2) is 49.5 Å². The third kappa shape index (κ3) is 3.97. The van der Waals surface area contributed by atoms with Crippen LogP contribution in [0.4, 0.5) is 0 Å². The number of hydrogen-bond acceptors (Lipinski definition) is 4. The van der Waals surface area contributed by atoms with Crippen LogP contribution in [0, 0.1) is 6.92 Å². The van der Waals surface area contributed by atoms with E-state index in [2.05, 4.69) is 0 Å². The van der Waals surface area contributed by atoms with Gasteiger partial charge in [0, 0.05) is 11.6 Å². The maximum absolute atomic E-state index is 12.6. The van der Waals surface area contributed by atoms with Gasteiger partial charge in [-0.25, -0.2) is 0 Å². The minimum absolute atomic E-state index is 0.00587. The first-order chi connectivity index (χ1) is 11.1. The maximum Gasteiger partial charge on any atom is 0.260 e. The molecule has 0 aromatic heterocycles. The third-order valence-corrected chi connectivity index (χ3v) is 4.55. The highest BCUT2D eigenvalue weighted by molar-refractivity contribution is 6.30. The molecule has 3 rings (SSSR count). The van der Waals surface area contributed by atoms with Crippen LogP contribution >= 0.6 is 11.6 Å². The second-order valence-corrected chi connectivity index (χ2v) is 6.40. The highest BCUT2D eigenvalue weighted by Gasteiger charge is 2.36. The fourth-order valence-electron chi connectivity index (χ4n) is 3.15. The maximum atomic E-state index is 12.6. The SMILES string of the molecule is Cc1cc(Cl)ccc1OCC(=O)N1CCCCC1C1OCCO1. The summed E-state index contributed by atoms with van der Waals surface area (Å²) in [7, 11) is 0. The smallest absolute Gasteiger partial charge is 0.260 e. The van der Waals surface area contributed by atoms with E-state index in [0.717, 1.165) is 31.4 Å². The summed E-state index contributed by atoms with van der Waals surface area (Å²) in [6.07, 6.45) is 2.72. The first-order valence-electron chi connectivity index (χ1n) is 8.07. The lowest BCUT2D eigenvalue weighted by Gasteiger charge is -2.37. The molecule has 2 aliphatic heterocycles. The Morgan fingerprint density at radius 3 is 2.87 bits per heavy atom. The predicted molar refractivity (Wildman–Crippen MR) is 86.7 cm³/mol. The average molecular weight is 340 g/mol. The number of carbonyl (C=O) groups excluding carboxylic acids is 1. The van der Waals surface area contributed by atoms with Gasteiger partial charge in [0.05, 0.1) is 19.3 Å². The number of amides is 1. The van der Waals surface area contributed by atoms with E-state index < -0.39 is 0 Å². The molecule has 2 heterocycles. The summed E-state index contributed by atoms with van der Waals surface area (Å²) in [5, 5.41) is 0.660. The molecule has 0 bridgehead atoms. The highest BCUT2D eigenvalue weighted by atomic mass is 35.5. The molecule has 23 heavy (non-hydrogen) atoms. The lowest BCUT2D eigenvalue weighted by molar-refractivity contribution is -0.152. The molecule has 0 radical (unpaired) electrons. The number of nitrogens with zero attached hydrogens (tertiary/aromatic N) is 1.